The Bertz CT molecular complexity index is 309. The number of ether oxygens (including phenoxy) is 1. The van der Waals surface area contributed by atoms with Crippen LogP contribution < -0.4 is 0 Å². The second-order valence-electron chi connectivity index (χ2n) is 3.92. The Morgan fingerprint density at radius 1 is 1.29 bits per heavy atom. The van der Waals surface area contributed by atoms with Crippen LogP contribution in [0.25, 0.3) is 0 Å². The lowest BCUT2D eigenvalue weighted by Crippen LogP contribution is -2.28. The van der Waals surface area contributed by atoms with E-state index in [0.717, 1.165) is 32.4 Å². The van der Waals surface area contributed by atoms with Gasteiger partial charge in [-0.15, -0.1) is 0 Å². The molecule has 0 radical (unpaired) electrons. The van der Waals surface area contributed by atoms with Crippen LogP contribution in [-0.4, -0.2) is 43.0 Å². The van der Waals surface area contributed by atoms with Crippen molar-refractivity contribution in [2.24, 2.45) is 0 Å². The van der Waals surface area contributed by atoms with Crippen LogP contribution in [-0.2, 0) is 14.3 Å². The summed E-state index contributed by atoms with van der Waals surface area (Å²) >= 11 is 0. The molecule has 0 spiro atoms. The Morgan fingerprint density at radius 3 is 2.47 bits per heavy atom. The summed E-state index contributed by atoms with van der Waals surface area (Å²) < 4.78 is 17.1. The van der Waals surface area contributed by atoms with Gasteiger partial charge in [-0.1, -0.05) is 0 Å². The van der Waals surface area contributed by atoms with E-state index in [0.29, 0.717) is 0 Å². The number of nitrogens with zero attached hydrogens (tertiary/aromatic N) is 1. The predicted octanol–water partition coefficient (Wildman–Crippen LogP) is 1.46. The lowest BCUT2D eigenvalue weighted by Gasteiger charge is -2.25. The number of piperidine rings is 1. The van der Waals surface area contributed by atoms with Crippen LogP contribution in [0.15, 0.2) is 11.8 Å². The zero-order chi connectivity index (χ0) is 12.7. The van der Waals surface area contributed by atoms with Gasteiger partial charge in [-0.2, -0.15) is 0 Å². The normalized spacial score (nSPS) is 16.8. The lowest BCUT2D eigenvalue weighted by atomic mass is 10.1. The molecule has 1 fully saturated rings. The van der Waals surface area contributed by atoms with Crippen LogP contribution in [0.4, 0.5) is 4.39 Å². The van der Waals surface area contributed by atoms with Crippen molar-refractivity contribution < 1.29 is 18.7 Å². The molecule has 0 aromatic carbocycles. The minimum atomic E-state index is -1.17. The molecule has 0 saturated carbocycles. The van der Waals surface area contributed by atoms with Gasteiger partial charge in [0.15, 0.2) is 6.67 Å². The number of Topliss-reactive ketones (excluding diaryl/α,β-unsaturated/α-hetero) is 1. The third-order valence-corrected chi connectivity index (χ3v) is 2.62. The fourth-order valence-electron chi connectivity index (χ4n) is 1.75. The molecule has 1 saturated heterocycles. The average Bonchev–Trinajstić information content (AvgIpc) is 2.36. The van der Waals surface area contributed by atoms with E-state index < -0.39 is 18.4 Å². The Kier molecular flexibility index (Phi) is 5.66. The number of carbonyl (C=O) groups is 2. The zero-order valence-electron chi connectivity index (χ0n) is 10.1. The molecule has 0 aromatic rings. The van der Waals surface area contributed by atoms with Crippen LogP contribution in [0.3, 0.4) is 0 Å². The van der Waals surface area contributed by atoms with Gasteiger partial charge in [0.05, 0.1) is 6.61 Å². The molecule has 1 aliphatic rings. The molecule has 4 nitrogen and oxygen atoms in total. The van der Waals surface area contributed by atoms with Gasteiger partial charge in [-0.3, -0.25) is 4.79 Å². The molecule has 0 aliphatic carbocycles. The first kappa shape index (κ1) is 13.7. The van der Waals surface area contributed by atoms with Gasteiger partial charge in [0.1, 0.15) is 5.57 Å². The average molecular weight is 243 g/mol. The molecule has 1 aliphatic heterocycles. The first-order valence-electron chi connectivity index (χ1n) is 5.91. The van der Waals surface area contributed by atoms with Crippen molar-refractivity contribution in [1.82, 2.24) is 4.90 Å². The van der Waals surface area contributed by atoms with Crippen molar-refractivity contribution in [3.63, 3.8) is 0 Å². The first-order chi connectivity index (χ1) is 8.19. The molecule has 0 amide bonds. The number of likely N-dealkylation sites (tertiary alicyclic amines) is 1. The molecule has 5 heteroatoms. The van der Waals surface area contributed by atoms with E-state index in [1.165, 1.54) is 6.20 Å². The molecule has 1 rings (SSSR count). The Labute approximate surface area is 100 Å². The molecule has 0 unspecified atom stereocenters. The summed E-state index contributed by atoms with van der Waals surface area (Å²) in [6.07, 6.45) is 4.64. The van der Waals surface area contributed by atoms with Gasteiger partial charge in [0.2, 0.25) is 5.78 Å². The standard InChI is InChI=1S/C12H18FNO3/c1-2-17-12(16)10(11(15)8-13)9-14-6-4-3-5-7-14/h9H,2-8H2,1H3. The van der Waals surface area contributed by atoms with Crippen LogP contribution in [0.2, 0.25) is 0 Å². The van der Waals surface area contributed by atoms with Gasteiger partial charge >= 0.3 is 5.97 Å². The minimum absolute atomic E-state index is 0.176. The number of ketones is 1. The second kappa shape index (κ2) is 7.04. The molecule has 0 N–H and O–H groups in total. The largest absolute Gasteiger partial charge is 0.462 e. The van der Waals surface area contributed by atoms with Crippen molar-refractivity contribution >= 4 is 11.8 Å². The van der Waals surface area contributed by atoms with E-state index in [4.69, 9.17) is 4.74 Å². The van der Waals surface area contributed by atoms with Gasteiger partial charge in [0, 0.05) is 19.3 Å². The zero-order valence-corrected chi connectivity index (χ0v) is 10.1. The van der Waals surface area contributed by atoms with E-state index in [9.17, 15) is 14.0 Å². The maximum absolute atomic E-state index is 12.4. The molecule has 17 heavy (non-hydrogen) atoms. The maximum atomic E-state index is 12.4. The first-order valence-corrected chi connectivity index (χ1v) is 5.91. The quantitative estimate of drug-likeness (QED) is 0.317. The summed E-state index contributed by atoms with van der Waals surface area (Å²) in [6, 6.07) is 0. The Hall–Kier alpha value is -1.39. The van der Waals surface area contributed by atoms with E-state index in [2.05, 4.69) is 0 Å². The van der Waals surface area contributed by atoms with Gasteiger partial charge in [-0.25, -0.2) is 9.18 Å². The van der Waals surface area contributed by atoms with E-state index in [1.54, 1.807) is 6.92 Å². The van der Waals surface area contributed by atoms with Gasteiger partial charge < -0.3 is 9.64 Å². The molecule has 96 valence electrons. The summed E-state index contributed by atoms with van der Waals surface area (Å²) in [6.45, 7) is 2.25. The minimum Gasteiger partial charge on any atom is -0.462 e. The topological polar surface area (TPSA) is 46.6 Å². The van der Waals surface area contributed by atoms with Crippen molar-refractivity contribution in [2.45, 2.75) is 26.2 Å². The molecular weight excluding hydrogens is 225 g/mol. The summed E-state index contributed by atoms with van der Waals surface area (Å²) in [7, 11) is 0. The van der Waals surface area contributed by atoms with Gasteiger partial charge in [0.25, 0.3) is 0 Å². The third kappa shape index (κ3) is 4.17. The van der Waals surface area contributed by atoms with Crippen molar-refractivity contribution in [3.05, 3.63) is 11.8 Å². The highest BCUT2D eigenvalue weighted by atomic mass is 19.1. The second-order valence-corrected chi connectivity index (χ2v) is 3.92. The van der Waals surface area contributed by atoms with Crippen LogP contribution in [0.1, 0.15) is 26.2 Å². The number of esters is 1. The monoisotopic (exact) mass is 243 g/mol. The number of hydrogen-bond acceptors (Lipinski definition) is 4. The Balaban J connectivity index is 2.76. The number of alkyl halides is 1. The predicted molar refractivity (Wildman–Crippen MR) is 61.1 cm³/mol. The number of rotatable bonds is 5. The van der Waals surface area contributed by atoms with E-state index >= 15 is 0 Å². The number of hydrogen-bond donors (Lipinski definition) is 0. The highest BCUT2D eigenvalue weighted by Crippen LogP contribution is 2.12. The van der Waals surface area contributed by atoms with Crippen molar-refractivity contribution in [1.29, 1.82) is 0 Å². The summed E-state index contributed by atoms with van der Waals surface area (Å²) in [4.78, 5) is 24.7. The van der Waals surface area contributed by atoms with Crippen molar-refractivity contribution in [3.8, 4) is 0 Å². The highest BCUT2D eigenvalue weighted by Gasteiger charge is 2.21. The highest BCUT2D eigenvalue weighted by molar-refractivity contribution is 6.17. The van der Waals surface area contributed by atoms with E-state index in [1.807, 2.05) is 4.90 Å². The molecule has 0 bridgehead atoms. The van der Waals surface area contributed by atoms with Crippen molar-refractivity contribution in [2.75, 3.05) is 26.4 Å². The summed E-state index contributed by atoms with van der Waals surface area (Å²) in [5.41, 5.74) is -0.184. The summed E-state index contributed by atoms with van der Waals surface area (Å²) in [5, 5.41) is 0. The third-order valence-electron chi connectivity index (χ3n) is 2.62. The van der Waals surface area contributed by atoms with Crippen LogP contribution in [0.5, 0.6) is 0 Å². The molecule has 0 atom stereocenters. The number of carbonyl (C=O) groups excluding carboxylic acids is 2. The SMILES string of the molecule is CCOC(=O)C(=CN1CCCCC1)C(=O)CF. The molecule has 0 aromatic heterocycles. The van der Waals surface area contributed by atoms with Crippen LogP contribution in [0, 0.1) is 0 Å². The van der Waals surface area contributed by atoms with Crippen LogP contribution >= 0.6 is 0 Å². The number of halogens is 1. The molecule has 1 heterocycles. The summed E-state index contributed by atoms with van der Waals surface area (Å²) in [5.74, 6) is -1.55. The maximum Gasteiger partial charge on any atom is 0.343 e. The fourth-order valence-corrected chi connectivity index (χ4v) is 1.75. The fraction of sp³-hybridized carbons (Fsp3) is 0.667. The van der Waals surface area contributed by atoms with Gasteiger partial charge in [-0.05, 0) is 26.2 Å². The molecular formula is C12H18FNO3. The Morgan fingerprint density at radius 2 is 1.94 bits per heavy atom. The van der Waals surface area contributed by atoms with E-state index in [-0.39, 0.29) is 12.2 Å². The smallest absolute Gasteiger partial charge is 0.343 e. The lowest BCUT2D eigenvalue weighted by molar-refractivity contribution is -0.140.